The highest BCUT2D eigenvalue weighted by Gasteiger charge is 2.30. The molecule has 4 amide bonds. The van der Waals surface area contributed by atoms with E-state index in [1.807, 2.05) is 13.8 Å². The maximum Gasteiger partial charge on any atom is 0.326 e. The van der Waals surface area contributed by atoms with Gasteiger partial charge in [-0.1, -0.05) is 13.8 Å². The van der Waals surface area contributed by atoms with Crippen LogP contribution in [-0.4, -0.2) is 82.6 Å². The number of rotatable bonds is 16. The molecule has 0 saturated heterocycles. The molecule has 4 unspecified atom stereocenters. The summed E-state index contributed by atoms with van der Waals surface area (Å²) >= 11 is 1.41. The Kier molecular flexibility index (Phi) is 14.3. The second-order valence-electron chi connectivity index (χ2n) is 7.73. The molecule has 0 aromatic rings. The van der Waals surface area contributed by atoms with Crippen LogP contribution in [-0.2, 0) is 24.0 Å². The number of carbonyl (C=O) groups excluding carboxylic acids is 4. The molecule has 32 heavy (non-hydrogen) atoms. The lowest BCUT2D eigenvalue weighted by Gasteiger charge is -2.25. The van der Waals surface area contributed by atoms with E-state index in [-0.39, 0.29) is 31.6 Å². The fraction of sp³-hybridized carbons (Fsp3) is 0.737. The number of hydrogen-bond donors (Lipinski definition) is 7. The van der Waals surface area contributed by atoms with Crippen molar-refractivity contribution in [3.05, 3.63) is 0 Å². The van der Waals surface area contributed by atoms with E-state index in [0.29, 0.717) is 5.75 Å². The third kappa shape index (κ3) is 11.9. The number of aliphatic carboxylic acids is 1. The lowest BCUT2D eigenvalue weighted by molar-refractivity contribution is -0.142. The number of aliphatic hydroxyl groups excluding tert-OH is 1. The quantitative estimate of drug-likeness (QED) is 0.129. The number of aliphatic hydroxyl groups is 1. The van der Waals surface area contributed by atoms with Crippen LogP contribution < -0.4 is 27.4 Å². The van der Waals surface area contributed by atoms with E-state index in [0.717, 1.165) is 0 Å². The van der Waals surface area contributed by atoms with Crippen molar-refractivity contribution in [3.63, 3.8) is 0 Å². The molecule has 0 aliphatic heterocycles. The number of hydrogen-bond acceptors (Lipinski definition) is 8. The van der Waals surface area contributed by atoms with Crippen LogP contribution in [0.1, 0.15) is 39.5 Å². The van der Waals surface area contributed by atoms with Gasteiger partial charge in [-0.05, 0) is 37.2 Å². The second kappa shape index (κ2) is 15.4. The van der Waals surface area contributed by atoms with Crippen molar-refractivity contribution in [3.8, 4) is 0 Å². The summed E-state index contributed by atoms with van der Waals surface area (Å²) in [5.74, 6) is -3.63. The van der Waals surface area contributed by atoms with Gasteiger partial charge in [0.2, 0.25) is 23.6 Å². The third-order valence-corrected chi connectivity index (χ3v) is 5.06. The van der Waals surface area contributed by atoms with Gasteiger partial charge in [0, 0.05) is 6.42 Å². The van der Waals surface area contributed by atoms with E-state index in [4.69, 9.17) is 11.5 Å². The summed E-state index contributed by atoms with van der Waals surface area (Å²) in [6, 6.07) is -4.70. The highest BCUT2D eigenvalue weighted by Crippen LogP contribution is 2.07. The summed E-state index contributed by atoms with van der Waals surface area (Å²) in [7, 11) is 0. The van der Waals surface area contributed by atoms with E-state index in [9.17, 15) is 34.2 Å². The van der Waals surface area contributed by atoms with Gasteiger partial charge in [0.05, 0.1) is 12.6 Å². The average molecular weight is 478 g/mol. The zero-order valence-corrected chi connectivity index (χ0v) is 19.4. The Hall–Kier alpha value is -2.38. The van der Waals surface area contributed by atoms with Gasteiger partial charge in [0.1, 0.15) is 18.1 Å². The zero-order chi connectivity index (χ0) is 24.8. The number of primary amides is 1. The van der Waals surface area contributed by atoms with Crippen LogP contribution >= 0.6 is 11.8 Å². The molecule has 4 atom stereocenters. The number of amides is 4. The SMILES string of the molecule is CSCCC(NC(=O)C(CO)NC(=O)C(CC(C)C)NC(=O)C(N)CCC(N)=O)C(=O)O. The third-order valence-electron chi connectivity index (χ3n) is 4.42. The molecule has 184 valence electrons. The number of carboxylic acids is 1. The van der Waals surface area contributed by atoms with Crippen LogP contribution in [0.25, 0.3) is 0 Å². The number of carbonyl (C=O) groups is 5. The molecule has 0 aromatic heterocycles. The lowest BCUT2D eigenvalue weighted by Crippen LogP contribution is -2.58. The van der Waals surface area contributed by atoms with E-state index in [1.165, 1.54) is 11.8 Å². The van der Waals surface area contributed by atoms with E-state index in [2.05, 4.69) is 16.0 Å². The van der Waals surface area contributed by atoms with E-state index >= 15 is 0 Å². The van der Waals surface area contributed by atoms with Gasteiger partial charge >= 0.3 is 5.97 Å². The average Bonchev–Trinajstić information content (AvgIpc) is 2.71. The lowest BCUT2D eigenvalue weighted by atomic mass is 10.0. The molecule has 0 bridgehead atoms. The molecule has 13 heteroatoms. The van der Waals surface area contributed by atoms with Crippen LogP contribution in [0, 0.1) is 5.92 Å². The minimum Gasteiger partial charge on any atom is -0.480 e. The number of nitrogens with one attached hydrogen (secondary N) is 3. The molecule has 0 fully saturated rings. The minimum absolute atomic E-state index is 0.00543. The molecule has 0 heterocycles. The van der Waals surface area contributed by atoms with Crippen molar-refractivity contribution in [1.82, 2.24) is 16.0 Å². The molecular formula is C19H35N5O7S. The first-order valence-electron chi connectivity index (χ1n) is 10.2. The Morgan fingerprint density at radius 1 is 0.906 bits per heavy atom. The number of carboxylic acid groups (broad SMARTS) is 1. The maximum atomic E-state index is 12.7. The Labute approximate surface area is 191 Å². The summed E-state index contributed by atoms with van der Waals surface area (Å²) < 4.78 is 0. The molecule has 0 radical (unpaired) electrons. The van der Waals surface area contributed by atoms with Crippen molar-refractivity contribution < 1.29 is 34.2 Å². The van der Waals surface area contributed by atoms with Crippen LogP contribution in [0.15, 0.2) is 0 Å². The first-order valence-corrected chi connectivity index (χ1v) is 11.6. The summed E-state index contributed by atoms with van der Waals surface area (Å²) in [6.45, 7) is 2.87. The molecule has 0 rings (SSSR count). The van der Waals surface area contributed by atoms with Gasteiger partial charge in [0.15, 0.2) is 0 Å². The number of nitrogens with two attached hydrogens (primary N) is 2. The van der Waals surface area contributed by atoms with Gasteiger partial charge in [-0.15, -0.1) is 0 Å². The second-order valence-corrected chi connectivity index (χ2v) is 8.71. The first kappa shape index (κ1) is 29.6. The fourth-order valence-corrected chi connectivity index (χ4v) is 3.11. The summed E-state index contributed by atoms with van der Waals surface area (Å²) in [5.41, 5.74) is 10.8. The maximum absolute atomic E-state index is 12.7. The number of thioether (sulfide) groups is 1. The normalized spacial score (nSPS) is 14.7. The summed E-state index contributed by atoms with van der Waals surface area (Å²) in [4.78, 5) is 59.6. The predicted molar refractivity (Wildman–Crippen MR) is 119 cm³/mol. The molecular weight excluding hydrogens is 442 g/mol. The van der Waals surface area contributed by atoms with Crippen molar-refractivity contribution in [2.24, 2.45) is 17.4 Å². The van der Waals surface area contributed by atoms with Crippen molar-refractivity contribution >= 4 is 41.4 Å². The molecule has 0 aliphatic carbocycles. The van der Waals surface area contributed by atoms with Gasteiger partial charge in [-0.2, -0.15) is 11.8 Å². The van der Waals surface area contributed by atoms with Crippen molar-refractivity contribution in [1.29, 1.82) is 0 Å². The molecule has 0 saturated carbocycles. The van der Waals surface area contributed by atoms with Crippen LogP contribution in [0.3, 0.4) is 0 Å². The van der Waals surface area contributed by atoms with Gasteiger partial charge < -0.3 is 37.6 Å². The monoisotopic (exact) mass is 477 g/mol. The topological polar surface area (TPSA) is 214 Å². The Morgan fingerprint density at radius 3 is 1.91 bits per heavy atom. The van der Waals surface area contributed by atoms with E-state index in [1.54, 1.807) is 6.26 Å². The smallest absolute Gasteiger partial charge is 0.326 e. The standard InChI is InChI=1S/C19H35N5O7S/c1-10(2)8-13(23-16(27)11(20)4-5-15(21)26)17(28)24-14(9-25)18(29)22-12(19(30)31)6-7-32-3/h10-14,25H,4-9,20H2,1-3H3,(H2,21,26)(H,22,29)(H,23,27)(H,24,28)(H,30,31). The largest absolute Gasteiger partial charge is 0.480 e. The minimum atomic E-state index is -1.41. The Balaban J connectivity index is 5.18. The fourth-order valence-electron chi connectivity index (χ4n) is 2.64. The highest BCUT2D eigenvalue weighted by molar-refractivity contribution is 7.98. The van der Waals surface area contributed by atoms with Crippen molar-refractivity contribution in [2.75, 3.05) is 18.6 Å². The molecule has 0 aliphatic rings. The molecule has 9 N–H and O–H groups in total. The Bertz CT molecular complexity index is 662. The molecule has 12 nitrogen and oxygen atoms in total. The predicted octanol–water partition coefficient (Wildman–Crippen LogP) is -2.09. The Morgan fingerprint density at radius 2 is 1.44 bits per heavy atom. The summed E-state index contributed by atoms with van der Waals surface area (Å²) in [5, 5.41) is 25.9. The molecule has 0 spiro atoms. The van der Waals surface area contributed by atoms with Crippen LogP contribution in [0.4, 0.5) is 0 Å². The van der Waals surface area contributed by atoms with Crippen LogP contribution in [0.5, 0.6) is 0 Å². The van der Waals surface area contributed by atoms with Gasteiger partial charge in [-0.25, -0.2) is 4.79 Å². The molecule has 0 aromatic carbocycles. The van der Waals surface area contributed by atoms with E-state index < -0.39 is 60.4 Å². The first-order chi connectivity index (χ1) is 14.9. The van der Waals surface area contributed by atoms with Gasteiger partial charge in [-0.3, -0.25) is 19.2 Å². The van der Waals surface area contributed by atoms with Crippen LogP contribution in [0.2, 0.25) is 0 Å². The zero-order valence-electron chi connectivity index (χ0n) is 18.6. The van der Waals surface area contributed by atoms with Crippen molar-refractivity contribution in [2.45, 2.75) is 63.7 Å². The van der Waals surface area contributed by atoms with Gasteiger partial charge in [0.25, 0.3) is 0 Å². The highest BCUT2D eigenvalue weighted by atomic mass is 32.2. The summed E-state index contributed by atoms with van der Waals surface area (Å²) in [6.07, 6.45) is 2.09.